The second kappa shape index (κ2) is 8.31. The van der Waals surface area contributed by atoms with Crippen molar-refractivity contribution >= 4 is 28.5 Å². The van der Waals surface area contributed by atoms with Crippen LogP contribution in [0.3, 0.4) is 0 Å². The molecule has 0 bridgehead atoms. The number of ether oxygens (including phenoxy) is 3. The fraction of sp³-hybridized carbons (Fsp3) is 0.0435. The molecule has 6 nitrogen and oxygen atoms in total. The van der Waals surface area contributed by atoms with Crippen LogP contribution in [-0.2, 0) is 0 Å². The highest BCUT2D eigenvalue weighted by molar-refractivity contribution is 6.30. The van der Waals surface area contributed by atoms with E-state index in [1.807, 2.05) is 0 Å². The average Bonchev–Trinajstić information content (AvgIpc) is 2.76. The second-order valence-electron chi connectivity index (χ2n) is 6.26. The molecule has 0 aliphatic carbocycles. The van der Waals surface area contributed by atoms with E-state index in [1.54, 1.807) is 55.6 Å². The van der Waals surface area contributed by atoms with E-state index in [1.165, 1.54) is 24.5 Å². The Bertz CT molecular complexity index is 1260. The van der Waals surface area contributed by atoms with E-state index in [9.17, 15) is 9.59 Å². The van der Waals surface area contributed by atoms with Gasteiger partial charge in [-0.25, -0.2) is 4.79 Å². The summed E-state index contributed by atoms with van der Waals surface area (Å²) < 4.78 is 21.6. The van der Waals surface area contributed by atoms with Gasteiger partial charge < -0.3 is 18.6 Å². The summed E-state index contributed by atoms with van der Waals surface area (Å²) in [7, 11) is 1.56. The first-order valence-electron chi connectivity index (χ1n) is 8.89. The maximum absolute atomic E-state index is 12.7. The lowest BCUT2D eigenvalue weighted by Gasteiger charge is -2.08. The fourth-order valence-corrected chi connectivity index (χ4v) is 2.87. The molecule has 4 rings (SSSR count). The van der Waals surface area contributed by atoms with Crippen LogP contribution < -0.4 is 19.6 Å². The van der Waals surface area contributed by atoms with Crippen molar-refractivity contribution in [2.75, 3.05) is 7.11 Å². The van der Waals surface area contributed by atoms with Gasteiger partial charge in [-0.3, -0.25) is 4.79 Å². The fourth-order valence-electron chi connectivity index (χ4n) is 2.75. The lowest BCUT2D eigenvalue weighted by atomic mass is 10.2. The number of rotatable bonds is 5. The minimum atomic E-state index is -0.548. The molecule has 0 aliphatic heterocycles. The van der Waals surface area contributed by atoms with Crippen LogP contribution in [-0.4, -0.2) is 13.1 Å². The number of carbonyl (C=O) groups is 1. The molecule has 0 N–H and O–H groups in total. The molecule has 0 amide bonds. The molecule has 0 atom stereocenters. The Morgan fingerprint density at radius 3 is 2.27 bits per heavy atom. The summed E-state index contributed by atoms with van der Waals surface area (Å²) in [6.45, 7) is 0. The molecule has 150 valence electrons. The van der Waals surface area contributed by atoms with Crippen molar-refractivity contribution in [1.29, 1.82) is 0 Å². The van der Waals surface area contributed by atoms with Crippen molar-refractivity contribution < 1.29 is 23.4 Å². The maximum atomic E-state index is 12.7. The summed E-state index contributed by atoms with van der Waals surface area (Å²) in [5, 5.41) is 0.819. The number of halogens is 1. The standard InChI is InChI=1S/C23H15ClO6/c1-27-16-6-8-17(9-7-16)29-21-13-28-20-12-18(10-11-19(20)22(21)25)30-23(26)14-2-4-15(24)5-3-14/h2-13H,1H3. The Hall–Kier alpha value is -3.77. The van der Waals surface area contributed by atoms with Gasteiger partial charge in [0.1, 0.15) is 29.1 Å². The molecule has 0 fully saturated rings. The number of methoxy groups -OCH3 is 1. The summed E-state index contributed by atoms with van der Waals surface area (Å²) in [5.74, 6) is 0.880. The lowest BCUT2D eigenvalue weighted by molar-refractivity contribution is 0.0735. The minimum absolute atomic E-state index is 0.0403. The highest BCUT2D eigenvalue weighted by Crippen LogP contribution is 2.25. The van der Waals surface area contributed by atoms with Crippen molar-refractivity contribution in [1.82, 2.24) is 0 Å². The molecular weight excluding hydrogens is 408 g/mol. The van der Waals surface area contributed by atoms with Crippen molar-refractivity contribution in [2.24, 2.45) is 0 Å². The topological polar surface area (TPSA) is 75.0 Å². The van der Waals surface area contributed by atoms with Crippen LogP contribution in [0.4, 0.5) is 0 Å². The van der Waals surface area contributed by atoms with Crippen molar-refractivity contribution in [3.63, 3.8) is 0 Å². The molecule has 1 aromatic heterocycles. The van der Waals surface area contributed by atoms with Gasteiger partial charge in [0, 0.05) is 11.1 Å². The van der Waals surface area contributed by atoms with Gasteiger partial charge in [-0.05, 0) is 60.7 Å². The van der Waals surface area contributed by atoms with Crippen molar-refractivity contribution in [3.05, 3.63) is 93.8 Å². The van der Waals surface area contributed by atoms with Gasteiger partial charge in [-0.1, -0.05) is 11.6 Å². The second-order valence-corrected chi connectivity index (χ2v) is 6.70. The van der Waals surface area contributed by atoms with Gasteiger partial charge in [-0.2, -0.15) is 0 Å². The van der Waals surface area contributed by atoms with Crippen molar-refractivity contribution in [3.8, 4) is 23.0 Å². The highest BCUT2D eigenvalue weighted by atomic mass is 35.5. The summed E-state index contributed by atoms with van der Waals surface area (Å²) in [5.41, 5.74) is 0.273. The predicted molar refractivity (Wildman–Crippen MR) is 112 cm³/mol. The number of fused-ring (bicyclic) bond motifs is 1. The zero-order valence-corrected chi connectivity index (χ0v) is 16.5. The van der Waals surface area contributed by atoms with E-state index in [4.69, 9.17) is 30.2 Å². The molecule has 3 aromatic carbocycles. The molecule has 7 heteroatoms. The third-order valence-electron chi connectivity index (χ3n) is 4.29. The average molecular weight is 423 g/mol. The Labute approximate surface area is 176 Å². The summed E-state index contributed by atoms with van der Waals surface area (Å²) in [6, 6.07) is 17.6. The summed E-state index contributed by atoms with van der Waals surface area (Å²) in [6.07, 6.45) is 1.22. The Morgan fingerprint density at radius 1 is 0.900 bits per heavy atom. The Morgan fingerprint density at radius 2 is 1.57 bits per heavy atom. The van der Waals surface area contributed by atoms with E-state index in [0.717, 1.165) is 0 Å². The molecule has 30 heavy (non-hydrogen) atoms. The van der Waals surface area contributed by atoms with Crippen LogP contribution in [0, 0.1) is 0 Å². The maximum Gasteiger partial charge on any atom is 0.343 e. The van der Waals surface area contributed by atoms with E-state index in [-0.39, 0.29) is 22.5 Å². The SMILES string of the molecule is COc1ccc(Oc2coc3cc(OC(=O)c4ccc(Cl)cc4)ccc3c2=O)cc1. The van der Waals surface area contributed by atoms with Crippen LogP contribution in [0.15, 0.2) is 82.2 Å². The van der Waals surface area contributed by atoms with Crippen LogP contribution in [0.5, 0.6) is 23.0 Å². The van der Waals surface area contributed by atoms with Crippen LogP contribution in [0.25, 0.3) is 11.0 Å². The number of hydrogen-bond donors (Lipinski definition) is 0. The Balaban J connectivity index is 1.56. The first kappa shape index (κ1) is 19.5. The van der Waals surface area contributed by atoms with E-state index >= 15 is 0 Å². The van der Waals surface area contributed by atoms with Gasteiger partial charge in [0.15, 0.2) is 0 Å². The van der Waals surface area contributed by atoms with Crippen LogP contribution in [0.1, 0.15) is 10.4 Å². The molecule has 4 aromatic rings. The number of esters is 1. The zero-order valence-electron chi connectivity index (χ0n) is 15.8. The molecule has 0 unspecified atom stereocenters. The smallest absolute Gasteiger partial charge is 0.343 e. The van der Waals surface area contributed by atoms with Gasteiger partial charge in [0.05, 0.1) is 18.1 Å². The van der Waals surface area contributed by atoms with Crippen molar-refractivity contribution in [2.45, 2.75) is 0 Å². The largest absolute Gasteiger partial charge is 0.497 e. The van der Waals surface area contributed by atoms with Gasteiger partial charge in [0.2, 0.25) is 11.2 Å². The number of hydrogen-bond acceptors (Lipinski definition) is 6. The lowest BCUT2D eigenvalue weighted by Crippen LogP contribution is -2.09. The monoisotopic (exact) mass is 422 g/mol. The number of carbonyl (C=O) groups excluding carboxylic acids is 1. The first-order valence-corrected chi connectivity index (χ1v) is 9.26. The van der Waals surface area contributed by atoms with Gasteiger partial charge in [-0.15, -0.1) is 0 Å². The molecule has 0 radical (unpaired) electrons. The molecule has 0 saturated carbocycles. The Kier molecular flexibility index (Phi) is 5.41. The third kappa shape index (κ3) is 4.14. The minimum Gasteiger partial charge on any atom is -0.497 e. The summed E-state index contributed by atoms with van der Waals surface area (Å²) >= 11 is 5.82. The number of benzene rings is 3. The van der Waals surface area contributed by atoms with E-state index in [0.29, 0.717) is 27.5 Å². The molecule has 0 saturated heterocycles. The normalized spacial score (nSPS) is 10.6. The van der Waals surface area contributed by atoms with E-state index in [2.05, 4.69) is 0 Å². The first-order chi connectivity index (χ1) is 14.5. The molecular formula is C23H15ClO6. The predicted octanol–water partition coefficient (Wildman–Crippen LogP) is 5.47. The summed E-state index contributed by atoms with van der Waals surface area (Å²) in [4.78, 5) is 25.0. The quantitative estimate of drug-likeness (QED) is 0.314. The van der Waals surface area contributed by atoms with Crippen LogP contribution in [0.2, 0.25) is 5.02 Å². The van der Waals surface area contributed by atoms with Gasteiger partial charge in [0.25, 0.3) is 0 Å². The molecule has 0 aliphatic rings. The zero-order chi connectivity index (χ0) is 21.1. The molecule has 1 heterocycles. The van der Waals surface area contributed by atoms with Gasteiger partial charge >= 0.3 is 5.97 Å². The van der Waals surface area contributed by atoms with E-state index < -0.39 is 5.97 Å². The molecule has 0 spiro atoms. The highest BCUT2D eigenvalue weighted by Gasteiger charge is 2.13. The van der Waals surface area contributed by atoms with Crippen LogP contribution >= 0.6 is 11.6 Å². The third-order valence-corrected chi connectivity index (χ3v) is 4.54.